The van der Waals surface area contributed by atoms with Crippen LogP contribution in [0.25, 0.3) is 0 Å². The molecule has 0 radical (unpaired) electrons. The topological polar surface area (TPSA) is 90.2 Å². The Bertz CT molecular complexity index is 155. The third kappa shape index (κ3) is 2.92. The predicted molar refractivity (Wildman–Crippen MR) is 41.1 cm³/mol. The summed E-state index contributed by atoms with van der Waals surface area (Å²) in [5, 5.41) is 36.1. The monoisotopic (exact) mass is 392 g/mol. The molecule has 0 bridgehead atoms. The van der Waals surface area contributed by atoms with Gasteiger partial charge in [0.25, 0.3) is 0 Å². The standard InChI is InChI=1S/C6H12O5S.Au/c7-1-2-3(8)4(9)5(10)6(12)11-2;/h2-10,12H,1H2;/q;+1/p-1/t2-,3+,4+,5-,6?;/m1./s1. The molecule has 5 nitrogen and oxygen atoms in total. The van der Waals surface area contributed by atoms with Crippen LogP contribution >= 0.6 is 0 Å². The van der Waals surface area contributed by atoms with Crippen molar-refractivity contribution in [2.45, 2.75) is 29.9 Å². The van der Waals surface area contributed by atoms with E-state index >= 15 is 0 Å². The van der Waals surface area contributed by atoms with Crippen molar-refractivity contribution in [2.24, 2.45) is 0 Å². The zero-order chi connectivity index (χ0) is 9.30. The Morgan fingerprint density at radius 3 is 2.08 bits per heavy atom. The van der Waals surface area contributed by atoms with Gasteiger partial charge < -0.3 is 37.8 Å². The molecule has 7 heteroatoms. The maximum absolute atomic E-state index is 9.18. The molecule has 1 aliphatic rings. The van der Waals surface area contributed by atoms with Crippen LogP contribution < -0.4 is 0 Å². The minimum absolute atomic E-state index is 0. The van der Waals surface area contributed by atoms with Gasteiger partial charge in [0.05, 0.1) is 12.7 Å². The molecule has 13 heavy (non-hydrogen) atoms. The smallest absolute Gasteiger partial charge is 0.759 e. The van der Waals surface area contributed by atoms with E-state index in [0.717, 1.165) is 0 Å². The van der Waals surface area contributed by atoms with Crippen LogP contribution in [0, 0.1) is 0 Å². The van der Waals surface area contributed by atoms with E-state index in [9.17, 15) is 5.11 Å². The fourth-order valence-electron chi connectivity index (χ4n) is 1.07. The number of aliphatic hydroxyl groups is 4. The Balaban J connectivity index is 0.00000144. The SMILES string of the molecule is OC[C@H]1OC([S-])[C@H](O)[C@@H](O)[C@H]1O.[Au+]. The van der Waals surface area contributed by atoms with Crippen LogP contribution in [0.4, 0.5) is 0 Å². The van der Waals surface area contributed by atoms with Crippen molar-refractivity contribution in [3.8, 4) is 0 Å². The van der Waals surface area contributed by atoms with Gasteiger partial charge in [-0.15, -0.1) is 0 Å². The summed E-state index contributed by atoms with van der Waals surface area (Å²) in [6.45, 7) is -0.432. The normalized spacial score (nSPS) is 45.5. The molecular formula is C6H11AuO5S. The Morgan fingerprint density at radius 1 is 1.08 bits per heavy atom. The van der Waals surface area contributed by atoms with Crippen LogP contribution in [0.2, 0.25) is 0 Å². The molecule has 0 aromatic rings. The van der Waals surface area contributed by atoms with Crippen LogP contribution in [0.1, 0.15) is 0 Å². The third-order valence-electron chi connectivity index (χ3n) is 1.85. The first-order chi connectivity index (χ1) is 5.57. The molecule has 0 spiro atoms. The van der Waals surface area contributed by atoms with Crippen molar-refractivity contribution < 1.29 is 47.5 Å². The zero-order valence-electron chi connectivity index (χ0n) is 6.50. The number of rotatable bonds is 1. The zero-order valence-corrected chi connectivity index (χ0v) is 9.48. The van der Waals surface area contributed by atoms with Gasteiger partial charge >= 0.3 is 22.4 Å². The van der Waals surface area contributed by atoms with Gasteiger partial charge in [0.2, 0.25) is 0 Å². The van der Waals surface area contributed by atoms with E-state index in [1.54, 1.807) is 0 Å². The second-order valence-corrected chi connectivity index (χ2v) is 3.16. The molecule has 1 saturated heterocycles. The number of ether oxygens (including phenoxy) is 1. The molecule has 1 heterocycles. The number of hydrogen-bond donors (Lipinski definition) is 4. The first-order valence-electron chi connectivity index (χ1n) is 3.54. The van der Waals surface area contributed by atoms with E-state index in [-0.39, 0.29) is 22.4 Å². The fraction of sp³-hybridized carbons (Fsp3) is 1.00. The first kappa shape index (κ1) is 13.9. The predicted octanol–water partition coefficient (Wildman–Crippen LogP) is -2.67. The fourth-order valence-corrected chi connectivity index (χ4v) is 1.37. The van der Waals surface area contributed by atoms with Crippen molar-refractivity contribution in [1.82, 2.24) is 0 Å². The summed E-state index contributed by atoms with van der Waals surface area (Å²) in [5.41, 5.74) is -0.986. The minimum Gasteiger partial charge on any atom is -0.759 e. The van der Waals surface area contributed by atoms with E-state index in [4.69, 9.17) is 20.1 Å². The molecule has 1 fully saturated rings. The van der Waals surface area contributed by atoms with Gasteiger partial charge in [-0.2, -0.15) is 0 Å². The summed E-state index contributed by atoms with van der Waals surface area (Å²) in [6, 6.07) is 0. The molecule has 5 atom stereocenters. The summed E-state index contributed by atoms with van der Waals surface area (Å²) in [6.07, 6.45) is -4.83. The summed E-state index contributed by atoms with van der Waals surface area (Å²) < 4.78 is 4.84. The summed E-state index contributed by atoms with van der Waals surface area (Å²) >= 11 is 4.63. The number of aliphatic hydroxyl groups excluding tert-OH is 4. The maximum Gasteiger partial charge on any atom is 1.00 e. The molecule has 0 saturated carbocycles. The molecule has 1 unspecified atom stereocenters. The number of hydrogen-bond acceptors (Lipinski definition) is 6. The summed E-state index contributed by atoms with van der Waals surface area (Å²) in [4.78, 5) is 0. The Kier molecular flexibility index (Phi) is 6.08. The molecule has 0 amide bonds. The quantitative estimate of drug-likeness (QED) is 0.288. The molecule has 82 valence electrons. The van der Waals surface area contributed by atoms with E-state index in [1.165, 1.54) is 0 Å². The van der Waals surface area contributed by atoms with Crippen LogP contribution in [0.3, 0.4) is 0 Å². The Hall–Kier alpha value is 0.890. The molecule has 0 aliphatic carbocycles. The van der Waals surface area contributed by atoms with Gasteiger partial charge in [0.15, 0.2) is 0 Å². The van der Waals surface area contributed by atoms with Crippen LogP contribution in [-0.2, 0) is 39.7 Å². The first-order valence-corrected chi connectivity index (χ1v) is 4.01. The van der Waals surface area contributed by atoms with Crippen molar-refractivity contribution in [3.05, 3.63) is 0 Å². The maximum atomic E-state index is 9.18. The van der Waals surface area contributed by atoms with Crippen molar-refractivity contribution in [2.75, 3.05) is 6.61 Å². The molecule has 1 rings (SSSR count). The van der Waals surface area contributed by atoms with E-state index in [1.807, 2.05) is 0 Å². The van der Waals surface area contributed by atoms with Crippen molar-refractivity contribution in [3.63, 3.8) is 0 Å². The Morgan fingerprint density at radius 2 is 1.62 bits per heavy atom. The van der Waals surface area contributed by atoms with Gasteiger partial charge in [-0.3, -0.25) is 0 Å². The second-order valence-electron chi connectivity index (χ2n) is 2.70. The van der Waals surface area contributed by atoms with E-state index in [0.29, 0.717) is 0 Å². The van der Waals surface area contributed by atoms with Crippen molar-refractivity contribution in [1.29, 1.82) is 0 Å². The van der Waals surface area contributed by atoms with Gasteiger partial charge in [-0.05, 0) is 5.44 Å². The van der Waals surface area contributed by atoms with Crippen LogP contribution in [0.15, 0.2) is 0 Å². The Labute approximate surface area is 96.6 Å². The van der Waals surface area contributed by atoms with E-state index in [2.05, 4.69) is 12.6 Å². The average Bonchev–Trinajstić information content (AvgIpc) is 2.08. The average molecular weight is 392 g/mol. The minimum atomic E-state index is -1.35. The van der Waals surface area contributed by atoms with Gasteiger partial charge in [0, 0.05) is 0 Å². The van der Waals surface area contributed by atoms with Gasteiger partial charge in [0.1, 0.15) is 18.3 Å². The third-order valence-corrected chi connectivity index (χ3v) is 2.24. The molecule has 0 aromatic heterocycles. The second kappa shape index (κ2) is 5.69. The summed E-state index contributed by atoms with van der Waals surface area (Å²) in [5.74, 6) is 0. The molecule has 0 aromatic carbocycles. The molecule has 4 N–H and O–H groups in total. The van der Waals surface area contributed by atoms with Gasteiger partial charge in [-0.25, -0.2) is 0 Å². The van der Waals surface area contributed by atoms with Crippen LogP contribution in [0.5, 0.6) is 0 Å². The van der Waals surface area contributed by atoms with Gasteiger partial charge in [-0.1, -0.05) is 0 Å². The molecular weight excluding hydrogens is 381 g/mol. The summed E-state index contributed by atoms with van der Waals surface area (Å²) in [7, 11) is 0. The van der Waals surface area contributed by atoms with E-state index < -0.39 is 36.5 Å². The van der Waals surface area contributed by atoms with Crippen LogP contribution in [-0.4, -0.2) is 56.9 Å². The molecule has 1 aliphatic heterocycles. The van der Waals surface area contributed by atoms with Crippen molar-refractivity contribution >= 4 is 12.6 Å². The largest absolute Gasteiger partial charge is 1.00 e.